The number of carbonyl (C=O) groups excluding carboxylic acids is 1. The summed E-state index contributed by atoms with van der Waals surface area (Å²) in [6, 6.07) is 0. The minimum atomic E-state index is 0.223. The van der Waals surface area contributed by atoms with Crippen molar-refractivity contribution in [2.24, 2.45) is 5.41 Å². The maximum absolute atomic E-state index is 10.9. The minimum Gasteiger partial charge on any atom is -0.356 e. The molecule has 1 amide bonds. The van der Waals surface area contributed by atoms with Crippen molar-refractivity contribution >= 4 is 5.91 Å². The van der Waals surface area contributed by atoms with Crippen LogP contribution in [0.4, 0.5) is 0 Å². The summed E-state index contributed by atoms with van der Waals surface area (Å²) in [6.07, 6.45) is 4.04. The van der Waals surface area contributed by atoms with Crippen molar-refractivity contribution in [3.8, 4) is 0 Å². The van der Waals surface area contributed by atoms with Gasteiger partial charge in [0.05, 0.1) is 0 Å². The lowest BCUT2D eigenvalue weighted by molar-refractivity contribution is -0.121. The highest BCUT2D eigenvalue weighted by Gasteiger charge is 2.20. The van der Waals surface area contributed by atoms with Crippen LogP contribution in [0.3, 0.4) is 0 Å². The molecule has 1 aliphatic rings. The molecule has 2 heteroatoms. The lowest BCUT2D eigenvalue weighted by Crippen LogP contribution is -2.30. The van der Waals surface area contributed by atoms with E-state index in [0.29, 0.717) is 11.8 Å². The minimum absolute atomic E-state index is 0.223. The first kappa shape index (κ1) is 8.57. The SMILES string of the molecule is CC1(C)CCCC(=O)NCC1. The van der Waals surface area contributed by atoms with E-state index in [1.165, 1.54) is 6.42 Å². The van der Waals surface area contributed by atoms with Gasteiger partial charge < -0.3 is 5.32 Å². The largest absolute Gasteiger partial charge is 0.356 e. The van der Waals surface area contributed by atoms with Crippen LogP contribution in [0.1, 0.15) is 39.5 Å². The molecular formula is C9H17NO. The monoisotopic (exact) mass is 155 g/mol. The predicted octanol–water partition coefficient (Wildman–Crippen LogP) is 1.70. The molecule has 0 spiro atoms. The second kappa shape index (κ2) is 3.24. The normalized spacial score (nSPS) is 25.1. The van der Waals surface area contributed by atoms with Gasteiger partial charge in [0, 0.05) is 13.0 Å². The molecule has 0 aromatic heterocycles. The zero-order chi connectivity index (χ0) is 8.32. The van der Waals surface area contributed by atoms with Crippen LogP contribution in [0.5, 0.6) is 0 Å². The lowest BCUT2D eigenvalue weighted by atomic mass is 9.83. The van der Waals surface area contributed by atoms with E-state index >= 15 is 0 Å². The van der Waals surface area contributed by atoms with Gasteiger partial charge in [-0.1, -0.05) is 13.8 Å². The highest BCUT2D eigenvalue weighted by Crippen LogP contribution is 2.27. The molecule has 0 aromatic rings. The maximum atomic E-state index is 10.9. The third-order valence-corrected chi connectivity index (χ3v) is 2.38. The first-order chi connectivity index (χ1) is 5.10. The smallest absolute Gasteiger partial charge is 0.219 e. The molecular weight excluding hydrogens is 138 g/mol. The van der Waals surface area contributed by atoms with Gasteiger partial charge in [-0.3, -0.25) is 4.79 Å². The molecule has 1 aliphatic heterocycles. The van der Waals surface area contributed by atoms with Gasteiger partial charge in [0.2, 0.25) is 5.91 Å². The van der Waals surface area contributed by atoms with Crippen molar-refractivity contribution in [2.45, 2.75) is 39.5 Å². The molecule has 0 atom stereocenters. The van der Waals surface area contributed by atoms with Crippen molar-refractivity contribution in [3.05, 3.63) is 0 Å². The van der Waals surface area contributed by atoms with Gasteiger partial charge in [0.1, 0.15) is 0 Å². The molecule has 0 aliphatic carbocycles. The molecule has 2 nitrogen and oxygen atoms in total. The quantitative estimate of drug-likeness (QED) is 0.567. The Morgan fingerprint density at radius 2 is 2.09 bits per heavy atom. The molecule has 0 aromatic carbocycles. The topological polar surface area (TPSA) is 29.1 Å². The zero-order valence-electron chi connectivity index (χ0n) is 7.44. The van der Waals surface area contributed by atoms with E-state index in [2.05, 4.69) is 19.2 Å². The van der Waals surface area contributed by atoms with Gasteiger partial charge in [-0.05, 0) is 24.7 Å². The summed E-state index contributed by atoms with van der Waals surface area (Å²) in [5.41, 5.74) is 0.424. The summed E-state index contributed by atoms with van der Waals surface area (Å²) >= 11 is 0. The Morgan fingerprint density at radius 1 is 1.36 bits per heavy atom. The van der Waals surface area contributed by atoms with Gasteiger partial charge in [-0.25, -0.2) is 0 Å². The van der Waals surface area contributed by atoms with Crippen LogP contribution in [0, 0.1) is 5.41 Å². The Bertz CT molecular complexity index is 138. The van der Waals surface area contributed by atoms with Crippen molar-refractivity contribution in [3.63, 3.8) is 0 Å². The zero-order valence-corrected chi connectivity index (χ0v) is 7.44. The Hall–Kier alpha value is -0.530. The number of amides is 1. The van der Waals surface area contributed by atoms with Crippen molar-refractivity contribution in [1.82, 2.24) is 5.32 Å². The van der Waals surface area contributed by atoms with Gasteiger partial charge in [-0.15, -0.1) is 0 Å². The Balaban J connectivity index is 2.41. The van der Waals surface area contributed by atoms with Gasteiger partial charge in [0.15, 0.2) is 0 Å². The second-order valence-electron chi connectivity index (χ2n) is 4.12. The van der Waals surface area contributed by atoms with Crippen LogP contribution < -0.4 is 5.32 Å². The summed E-state index contributed by atoms with van der Waals surface area (Å²) in [7, 11) is 0. The Labute approximate surface area is 68.4 Å². The number of nitrogens with one attached hydrogen (secondary N) is 1. The van der Waals surface area contributed by atoms with Crippen molar-refractivity contribution in [2.75, 3.05) is 6.54 Å². The molecule has 1 heterocycles. The average Bonchev–Trinajstić information content (AvgIpc) is 1.83. The average molecular weight is 155 g/mol. The maximum Gasteiger partial charge on any atom is 0.219 e. The van der Waals surface area contributed by atoms with Crippen LogP contribution in [0.15, 0.2) is 0 Å². The first-order valence-corrected chi connectivity index (χ1v) is 4.37. The summed E-state index contributed by atoms with van der Waals surface area (Å²) in [6.45, 7) is 5.39. The van der Waals surface area contributed by atoms with E-state index in [0.717, 1.165) is 19.4 Å². The fourth-order valence-corrected chi connectivity index (χ4v) is 1.48. The van der Waals surface area contributed by atoms with Gasteiger partial charge >= 0.3 is 0 Å². The molecule has 0 radical (unpaired) electrons. The number of hydrogen-bond acceptors (Lipinski definition) is 1. The standard InChI is InChI=1S/C9H17NO/c1-9(2)5-3-4-8(11)10-7-6-9/h3-7H2,1-2H3,(H,10,11). The van der Waals surface area contributed by atoms with Crippen LogP contribution in [0.25, 0.3) is 0 Å². The molecule has 0 unspecified atom stereocenters. The predicted molar refractivity (Wildman–Crippen MR) is 45.3 cm³/mol. The Morgan fingerprint density at radius 3 is 2.82 bits per heavy atom. The number of rotatable bonds is 0. The van der Waals surface area contributed by atoms with Crippen molar-refractivity contribution < 1.29 is 4.79 Å². The fourth-order valence-electron chi connectivity index (χ4n) is 1.48. The van der Waals surface area contributed by atoms with Crippen LogP contribution in [0.2, 0.25) is 0 Å². The van der Waals surface area contributed by atoms with E-state index in [9.17, 15) is 4.79 Å². The molecule has 1 fully saturated rings. The molecule has 1 saturated heterocycles. The Kier molecular flexibility index (Phi) is 2.53. The van der Waals surface area contributed by atoms with E-state index < -0.39 is 0 Å². The summed E-state index contributed by atoms with van der Waals surface area (Å²) in [4.78, 5) is 10.9. The summed E-state index contributed by atoms with van der Waals surface area (Å²) in [5, 5.41) is 2.90. The molecule has 64 valence electrons. The third kappa shape index (κ3) is 2.91. The highest BCUT2D eigenvalue weighted by molar-refractivity contribution is 5.75. The van der Waals surface area contributed by atoms with Crippen LogP contribution in [-0.4, -0.2) is 12.5 Å². The molecule has 0 saturated carbocycles. The molecule has 0 bridgehead atoms. The molecule has 1 N–H and O–H groups in total. The third-order valence-electron chi connectivity index (χ3n) is 2.38. The van der Waals surface area contributed by atoms with Crippen molar-refractivity contribution in [1.29, 1.82) is 0 Å². The highest BCUT2D eigenvalue weighted by atomic mass is 16.1. The first-order valence-electron chi connectivity index (χ1n) is 4.37. The van der Waals surface area contributed by atoms with E-state index in [1.54, 1.807) is 0 Å². The second-order valence-corrected chi connectivity index (χ2v) is 4.12. The summed E-state index contributed by atoms with van der Waals surface area (Å²) in [5.74, 6) is 0.223. The molecule has 11 heavy (non-hydrogen) atoms. The summed E-state index contributed by atoms with van der Waals surface area (Å²) < 4.78 is 0. The lowest BCUT2D eigenvalue weighted by Gasteiger charge is -2.26. The number of hydrogen-bond donors (Lipinski definition) is 1. The molecule has 1 rings (SSSR count). The van der Waals surface area contributed by atoms with Crippen LogP contribution >= 0.6 is 0 Å². The van der Waals surface area contributed by atoms with E-state index in [1.807, 2.05) is 0 Å². The van der Waals surface area contributed by atoms with Gasteiger partial charge in [0.25, 0.3) is 0 Å². The van der Waals surface area contributed by atoms with E-state index in [-0.39, 0.29) is 5.91 Å². The van der Waals surface area contributed by atoms with E-state index in [4.69, 9.17) is 0 Å². The van der Waals surface area contributed by atoms with Crippen LogP contribution in [-0.2, 0) is 4.79 Å². The van der Waals surface area contributed by atoms with Gasteiger partial charge in [-0.2, -0.15) is 0 Å². The fraction of sp³-hybridized carbons (Fsp3) is 0.889. The number of carbonyl (C=O) groups is 1.